The zero-order valence-electron chi connectivity index (χ0n) is 12.1. The van der Waals surface area contributed by atoms with Gasteiger partial charge in [-0.3, -0.25) is 0 Å². The summed E-state index contributed by atoms with van der Waals surface area (Å²) in [5.74, 6) is 1.96. The van der Waals surface area contributed by atoms with E-state index in [4.69, 9.17) is 10.3 Å². The number of hydrogen-bond donors (Lipinski definition) is 1. The highest BCUT2D eigenvalue weighted by molar-refractivity contribution is 5.55. The molecule has 106 valence electrons. The SMILES string of the molecule is Cc1cccc(-c2noc(C3(N)CCC(C)CC3)n2)c1. The van der Waals surface area contributed by atoms with Gasteiger partial charge in [0, 0.05) is 5.56 Å². The van der Waals surface area contributed by atoms with Gasteiger partial charge < -0.3 is 10.3 Å². The molecule has 4 heteroatoms. The van der Waals surface area contributed by atoms with Crippen LogP contribution in [0.3, 0.4) is 0 Å². The molecule has 2 aromatic rings. The second-order valence-corrected chi connectivity index (χ2v) is 6.13. The number of nitrogens with zero attached hydrogens (tertiary/aromatic N) is 2. The van der Waals surface area contributed by atoms with Gasteiger partial charge in [0.1, 0.15) is 0 Å². The number of benzene rings is 1. The van der Waals surface area contributed by atoms with Gasteiger partial charge in [-0.05, 0) is 44.6 Å². The Bertz CT molecular complexity index is 597. The van der Waals surface area contributed by atoms with E-state index >= 15 is 0 Å². The zero-order chi connectivity index (χ0) is 14.2. The van der Waals surface area contributed by atoms with Gasteiger partial charge in [0.05, 0.1) is 5.54 Å². The van der Waals surface area contributed by atoms with E-state index in [9.17, 15) is 0 Å². The van der Waals surface area contributed by atoms with Crippen molar-refractivity contribution < 1.29 is 4.52 Å². The molecule has 0 atom stereocenters. The third-order valence-electron chi connectivity index (χ3n) is 4.29. The molecule has 0 unspecified atom stereocenters. The van der Waals surface area contributed by atoms with Gasteiger partial charge in [-0.2, -0.15) is 4.98 Å². The topological polar surface area (TPSA) is 64.9 Å². The van der Waals surface area contributed by atoms with Gasteiger partial charge in [-0.15, -0.1) is 0 Å². The minimum Gasteiger partial charge on any atom is -0.337 e. The van der Waals surface area contributed by atoms with Gasteiger partial charge in [0.25, 0.3) is 0 Å². The summed E-state index contributed by atoms with van der Waals surface area (Å²) < 4.78 is 5.45. The van der Waals surface area contributed by atoms with Crippen molar-refractivity contribution in [2.24, 2.45) is 11.7 Å². The zero-order valence-corrected chi connectivity index (χ0v) is 12.1. The summed E-state index contributed by atoms with van der Waals surface area (Å²) in [6.07, 6.45) is 4.09. The van der Waals surface area contributed by atoms with Crippen molar-refractivity contribution in [2.75, 3.05) is 0 Å². The molecular formula is C16H21N3O. The molecule has 20 heavy (non-hydrogen) atoms. The van der Waals surface area contributed by atoms with Crippen LogP contribution in [-0.2, 0) is 5.54 Å². The van der Waals surface area contributed by atoms with Crippen LogP contribution >= 0.6 is 0 Å². The van der Waals surface area contributed by atoms with Gasteiger partial charge in [0.15, 0.2) is 0 Å². The van der Waals surface area contributed by atoms with E-state index < -0.39 is 5.54 Å². The first-order valence-corrected chi connectivity index (χ1v) is 7.27. The Balaban J connectivity index is 1.87. The Labute approximate surface area is 119 Å². The Kier molecular flexibility index (Phi) is 3.34. The first-order valence-electron chi connectivity index (χ1n) is 7.27. The maximum Gasteiger partial charge on any atom is 0.247 e. The van der Waals surface area contributed by atoms with Crippen LogP contribution in [0.5, 0.6) is 0 Å². The molecular weight excluding hydrogens is 250 g/mol. The van der Waals surface area contributed by atoms with Gasteiger partial charge in [-0.25, -0.2) is 0 Å². The van der Waals surface area contributed by atoms with Gasteiger partial charge in [0.2, 0.25) is 11.7 Å². The van der Waals surface area contributed by atoms with Crippen LogP contribution in [0.25, 0.3) is 11.4 Å². The van der Waals surface area contributed by atoms with Crippen molar-refractivity contribution in [2.45, 2.75) is 45.1 Å². The maximum atomic E-state index is 6.47. The minimum absolute atomic E-state index is 0.443. The third kappa shape index (κ3) is 2.48. The van der Waals surface area contributed by atoms with Crippen LogP contribution in [-0.4, -0.2) is 10.1 Å². The van der Waals surface area contributed by atoms with Crippen molar-refractivity contribution in [3.8, 4) is 11.4 Å². The summed E-state index contributed by atoms with van der Waals surface area (Å²) in [6, 6.07) is 8.10. The fraction of sp³-hybridized carbons (Fsp3) is 0.500. The molecule has 1 saturated carbocycles. The minimum atomic E-state index is -0.443. The number of nitrogens with two attached hydrogens (primary N) is 1. The summed E-state index contributed by atoms with van der Waals surface area (Å²) in [5, 5.41) is 4.10. The lowest BCUT2D eigenvalue weighted by Gasteiger charge is -2.32. The molecule has 0 amide bonds. The molecule has 1 heterocycles. The highest BCUT2D eigenvalue weighted by Crippen LogP contribution is 2.37. The molecule has 1 aromatic carbocycles. The van der Waals surface area contributed by atoms with E-state index in [2.05, 4.69) is 36.1 Å². The molecule has 0 radical (unpaired) electrons. The predicted molar refractivity (Wildman–Crippen MR) is 78.0 cm³/mol. The lowest BCUT2D eigenvalue weighted by atomic mass is 9.78. The number of aryl methyl sites for hydroxylation is 1. The lowest BCUT2D eigenvalue weighted by molar-refractivity contribution is 0.190. The van der Waals surface area contributed by atoms with Crippen LogP contribution in [0.1, 0.15) is 44.1 Å². The number of hydrogen-bond acceptors (Lipinski definition) is 4. The highest BCUT2D eigenvalue weighted by atomic mass is 16.5. The van der Waals surface area contributed by atoms with Crippen LogP contribution in [0.2, 0.25) is 0 Å². The van der Waals surface area contributed by atoms with E-state index in [0.29, 0.717) is 11.7 Å². The van der Waals surface area contributed by atoms with E-state index in [1.54, 1.807) is 0 Å². The Morgan fingerprint density at radius 2 is 2.05 bits per heavy atom. The summed E-state index contributed by atoms with van der Waals surface area (Å²) in [4.78, 5) is 4.54. The molecule has 0 bridgehead atoms. The lowest BCUT2D eigenvalue weighted by Crippen LogP contribution is -2.40. The smallest absolute Gasteiger partial charge is 0.247 e. The average Bonchev–Trinajstić information content (AvgIpc) is 2.93. The first-order chi connectivity index (χ1) is 9.57. The fourth-order valence-electron chi connectivity index (χ4n) is 2.82. The normalized spacial score (nSPS) is 26.6. The molecule has 1 aliphatic carbocycles. The predicted octanol–water partition coefficient (Wildman–Crippen LogP) is 3.41. The third-order valence-corrected chi connectivity index (χ3v) is 4.29. The second kappa shape index (κ2) is 5.02. The molecule has 0 aliphatic heterocycles. The molecule has 4 nitrogen and oxygen atoms in total. The standard InChI is InChI=1S/C16H21N3O/c1-11-6-8-16(17,9-7-11)15-18-14(19-20-15)13-5-3-4-12(2)10-13/h3-5,10-11H,6-9,17H2,1-2H3. The summed E-state index contributed by atoms with van der Waals surface area (Å²) >= 11 is 0. The van der Waals surface area contributed by atoms with E-state index in [-0.39, 0.29) is 0 Å². The largest absolute Gasteiger partial charge is 0.337 e. The Morgan fingerprint density at radius 1 is 1.30 bits per heavy atom. The molecule has 3 rings (SSSR count). The Morgan fingerprint density at radius 3 is 2.75 bits per heavy atom. The quantitative estimate of drug-likeness (QED) is 0.909. The van der Waals surface area contributed by atoms with Gasteiger partial charge in [-0.1, -0.05) is 35.8 Å². The number of rotatable bonds is 2. The monoisotopic (exact) mass is 271 g/mol. The van der Waals surface area contributed by atoms with Crippen molar-refractivity contribution in [3.05, 3.63) is 35.7 Å². The van der Waals surface area contributed by atoms with Crippen LogP contribution < -0.4 is 5.73 Å². The van der Waals surface area contributed by atoms with E-state index in [1.807, 2.05) is 12.1 Å². The highest BCUT2D eigenvalue weighted by Gasteiger charge is 2.37. The van der Waals surface area contributed by atoms with E-state index in [0.717, 1.165) is 37.2 Å². The molecule has 0 saturated heterocycles. The van der Waals surface area contributed by atoms with Crippen LogP contribution in [0.4, 0.5) is 0 Å². The molecule has 1 aliphatic rings. The second-order valence-electron chi connectivity index (χ2n) is 6.13. The van der Waals surface area contributed by atoms with E-state index in [1.165, 1.54) is 5.56 Å². The van der Waals surface area contributed by atoms with Crippen molar-refractivity contribution in [3.63, 3.8) is 0 Å². The van der Waals surface area contributed by atoms with Crippen molar-refractivity contribution in [1.82, 2.24) is 10.1 Å². The van der Waals surface area contributed by atoms with Gasteiger partial charge >= 0.3 is 0 Å². The van der Waals surface area contributed by atoms with Crippen molar-refractivity contribution in [1.29, 1.82) is 0 Å². The van der Waals surface area contributed by atoms with Crippen LogP contribution in [0, 0.1) is 12.8 Å². The average molecular weight is 271 g/mol. The molecule has 1 fully saturated rings. The summed E-state index contributed by atoms with van der Waals surface area (Å²) in [6.45, 7) is 4.32. The van der Waals surface area contributed by atoms with Crippen molar-refractivity contribution >= 4 is 0 Å². The Hall–Kier alpha value is -1.68. The first kappa shape index (κ1) is 13.3. The maximum absolute atomic E-state index is 6.47. The van der Waals surface area contributed by atoms with Crippen LogP contribution in [0.15, 0.2) is 28.8 Å². The molecule has 0 spiro atoms. The summed E-state index contributed by atoms with van der Waals surface area (Å²) in [7, 11) is 0. The molecule has 1 aromatic heterocycles. The fourth-order valence-corrected chi connectivity index (χ4v) is 2.82. The molecule has 2 N–H and O–H groups in total. The number of aromatic nitrogens is 2. The summed E-state index contributed by atoms with van der Waals surface area (Å²) in [5.41, 5.74) is 8.19.